The maximum atomic E-state index is 4.27. The highest BCUT2D eigenvalue weighted by molar-refractivity contribution is 6.99. The van der Waals surface area contributed by atoms with Gasteiger partial charge in [-0.05, 0) is 25.5 Å². The van der Waals surface area contributed by atoms with E-state index in [-0.39, 0.29) is 0 Å². The van der Waals surface area contributed by atoms with Crippen LogP contribution in [-0.4, -0.2) is 15.8 Å². The van der Waals surface area contributed by atoms with Crippen LogP contribution in [0, 0.1) is 0 Å². The minimum atomic E-state index is 0.305. The molecule has 1 atom stereocenters. The van der Waals surface area contributed by atoms with E-state index in [1.807, 2.05) is 19.3 Å². The van der Waals surface area contributed by atoms with E-state index >= 15 is 0 Å². The zero-order chi connectivity index (χ0) is 11.2. The topological polar surface area (TPSA) is 37.8 Å². The van der Waals surface area contributed by atoms with Gasteiger partial charge in [0.1, 0.15) is 0 Å². The first-order valence-corrected chi connectivity index (χ1v) is 6.12. The zero-order valence-corrected chi connectivity index (χ0v) is 10.1. The van der Waals surface area contributed by atoms with E-state index in [1.165, 1.54) is 17.3 Å². The summed E-state index contributed by atoms with van der Waals surface area (Å²) >= 11 is 1.26. The largest absolute Gasteiger partial charge is 0.312 e. The molecule has 16 heavy (non-hydrogen) atoms. The fourth-order valence-corrected chi connectivity index (χ4v) is 2.19. The minimum absolute atomic E-state index is 0.305. The molecular weight excluding hydrogens is 218 g/mol. The lowest BCUT2D eigenvalue weighted by molar-refractivity contribution is 0.539. The molecule has 0 aliphatic rings. The third-order valence-corrected chi connectivity index (χ3v) is 3.14. The Balaban J connectivity index is 1.94. The van der Waals surface area contributed by atoms with Crippen LogP contribution in [0.5, 0.6) is 0 Å². The van der Waals surface area contributed by atoms with Crippen molar-refractivity contribution in [1.82, 2.24) is 14.1 Å². The quantitative estimate of drug-likeness (QED) is 0.862. The summed E-state index contributed by atoms with van der Waals surface area (Å²) in [6, 6.07) is 10.8. The fourth-order valence-electron chi connectivity index (χ4n) is 1.72. The summed E-state index contributed by atoms with van der Waals surface area (Å²) in [5.41, 5.74) is 2.41. The molecule has 0 fully saturated rings. The number of aromatic nitrogens is 2. The van der Waals surface area contributed by atoms with E-state index in [4.69, 9.17) is 0 Å². The first-order valence-electron chi connectivity index (χ1n) is 5.39. The second kappa shape index (κ2) is 5.72. The number of rotatable bonds is 5. The Bertz CT molecular complexity index is 399. The second-order valence-corrected chi connectivity index (χ2v) is 4.25. The van der Waals surface area contributed by atoms with Gasteiger partial charge in [0.2, 0.25) is 0 Å². The van der Waals surface area contributed by atoms with Crippen LogP contribution in [0.1, 0.15) is 23.7 Å². The highest BCUT2D eigenvalue weighted by Crippen LogP contribution is 2.17. The molecular formula is C12H15N3S. The van der Waals surface area contributed by atoms with Crippen LogP contribution in [0.2, 0.25) is 0 Å². The summed E-state index contributed by atoms with van der Waals surface area (Å²) in [4.78, 5) is 0. The standard InChI is InChI=1S/C12H15N3S/c1-13-11(12-9-14-16-15-12)8-7-10-5-3-2-4-6-10/h2-6,9,11,13H,7-8H2,1H3. The van der Waals surface area contributed by atoms with Crippen molar-refractivity contribution in [1.29, 1.82) is 0 Å². The van der Waals surface area contributed by atoms with Gasteiger partial charge in [0.05, 0.1) is 29.7 Å². The third kappa shape index (κ3) is 2.87. The number of aryl methyl sites for hydroxylation is 1. The summed E-state index contributed by atoms with van der Waals surface area (Å²) in [6.07, 6.45) is 3.95. The van der Waals surface area contributed by atoms with Crippen LogP contribution in [-0.2, 0) is 6.42 Å². The maximum absolute atomic E-state index is 4.27. The van der Waals surface area contributed by atoms with E-state index in [2.05, 4.69) is 38.3 Å². The number of nitrogens with zero attached hydrogens (tertiary/aromatic N) is 2. The molecule has 2 aromatic rings. The molecule has 0 saturated carbocycles. The molecule has 1 aromatic carbocycles. The lowest BCUT2D eigenvalue weighted by atomic mass is 10.0. The maximum Gasteiger partial charge on any atom is 0.0912 e. The molecule has 1 unspecified atom stereocenters. The normalized spacial score (nSPS) is 12.6. The Morgan fingerprint density at radius 3 is 2.75 bits per heavy atom. The highest BCUT2D eigenvalue weighted by Gasteiger charge is 2.11. The fraction of sp³-hybridized carbons (Fsp3) is 0.333. The van der Waals surface area contributed by atoms with Gasteiger partial charge in [0, 0.05) is 0 Å². The second-order valence-electron chi connectivity index (χ2n) is 3.70. The molecule has 84 valence electrons. The van der Waals surface area contributed by atoms with Crippen LogP contribution >= 0.6 is 11.7 Å². The molecule has 0 spiro atoms. The highest BCUT2D eigenvalue weighted by atomic mass is 32.1. The smallest absolute Gasteiger partial charge is 0.0912 e. The van der Waals surface area contributed by atoms with Gasteiger partial charge in [-0.1, -0.05) is 30.3 Å². The third-order valence-electron chi connectivity index (χ3n) is 2.65. The molecule has 2 rings (SSSR count). The van der Waals surface area contributed by atoms with Gasteiger partial charge in [-0.3, -0.25) is 0 Å². The Morgan fingerprint density at radius 2 is 2.12 bits per heavy atom. The lowest BCUT2D eigenvalue weighted by Crippen LogP contribution is -2.17. The number of nitrogens with one attached hydrogen (secondary N) is 1. The monoisotopic (exact) mass is 233 g/mol. The molecule has 1 aromatic heterocycles. The average Bonchev–Trinajstić information content (AvgIpc) is 2.85. The summed E-state index contributed by atoms with van der Waals surface area (Å²) < 4.78 is 8.30. The van der Waals surface area contributed by atoms with Gasteiger partial charge in [0.15, 0.2) is 0 Å². The van der Waals surface area contributed by atoms with Crippen molar-refractivity contribution < 1.29 is 0 Å². The first kappa shape index (κ1) is 11.2. The van der Waals surface area contributed by atoms with Gasteiger partial charge in [-0.25, -0.2) is 0 Å². The molecule has 4 heteroatoms. The Hall–Kier alpha value is -1.26. The molecule has 0 amide bonds. The Labute approximate surface area is 99.9 Å². The predicted molar refractivity (Wildman–Crippen MR) is 66.5 cm³/mol. The van der Waals surface area contributed by atoms with Crippen LogP contribution in [0.25, 0.3) is 0 Å². The van der Waals surface area contributed by atoms with Gasteiger partial charge in [-0.15, -0.1) is 0 Å². The van der Waals surface area contributed by atoms with E-state index in [9.17, 15) is 0 Å². The van der Waals surface area contributed by atoms with Gasteiger partial charge < -0.3 is 5.32 Å². The van der Waals surface area contributed by atoms with E-state index in [1.54, 1.807) is 0 Å². The Kier molecular flexibility index (Phi) is 4.02. The summed E-state index contributed by atoms with van der Waals surface area (Å²) in [5.74, 6) is 0. The molecule has 0 bridgehead atoms. The average molecular weight is 233 g/mol. The number of hydrogen-bond acceptors (Lipinski definition) is 4. The van der Waals surface area contributed by atoms with Crippen molar-refractivity contribution in [2.75, 3.05) is 7.05 Å². The first-order chi connectivity index (χ1) is 7.90. The van der Waals surface area contributed by atoms with E-state index < -0.39 is 0 Å². The number of hydrogen-bond donors (Lipinski definition) is 1. The molecule has 0 saturated heterocycles. The van der Waals surface area contributed by atoms with Crippen molar-refractivity contribution in [2.24, 2.45) is 0 Å². The van der Waals surface area contributed by atoms with E-state index in [0.717, 1.165) is 18.5 Å². The summed E-state index contributed by atoms with van der Waals surface area (Å²) in [6.45, 7) is 0. The SMILES string of the molecule is CNC(CCc1ccccc1)c1cnsn1. The van der Waals surface area contributed by atoms with Gasteiger partial charge in [-0.2, -0.15) is 8.75 Å². The molecule has 1 N–H and O–H groups in total. The molecule has 1 heterocycles. The molecule has 3 nitrogen and oxygen atoms in total. The van der Waals surface area contributed by atoms with Crippen LogP contribution < -0.4 is 5.32 Å². The van der Waals surface area contributed by atoms with Crippen molar-refractivity contribution in [3.63, 3.8) is 0 Å². The van der Waals surface area contributed by atoms with Crippen LogP contribution in [0.15, 0.2) is 36.5 Å². The van der Waals surface area contributed by atoms with Crippen molar-refractivity contribution in [3.05, 3.63) is 47.8 Å². The summed E-state index contributed by atoms with van der Waals surface area (Å²) in [7, 11) is 1.97. The van der Waals surface area contributed by atoms with E-state index in [0.29, 0.717) is 6.04 Å². The molecule has 0 radical (unpaired) electrons. The lowest BCUT2D eigenvalue weighted by Gasteiger charge is -2.12. The van der Waals surface area contributed by atoms with Gasteiger partial charge >= 0.3 is 0 Å². The van der Waals surface area contributed by atoms with Crippen molar-refractivity contribution in [3.8, 4) is 0 Å². The molecule has 0 aliphatic carbocycles. The Morgan fingerprint density at radius 1 is 1.31 bits per heavy atom. The summed E-state index contributed by atoms with van der Waals surface area (Å²) in [5, 5.41) is 3.28. The number of benzene rings is 1. The van der Waals surface area contributed by atoms with Gasteiger partial charge in [0.25, 0.3) is 0 Å². The zero-order valence-electron chi connectivity index (χ0n) is 9.26. The van der Waals surface area contributed by atoms with Crippen LogP contribution in [0.4, 0.5) is 0 Å². The van der Waals surface area contributed by atoms with Crippen molar-refractivity contribution >= 4 is 11.7 Å². The molecule has 0 aliphatic heterocycles. The minimum Gasteiger partial charge on any atom is -0.312 e. The van der Waals surface area contributed by atoms with Crippen molar-refractivity contribution in [2.45, 2.75) is 18.9 Å². The van der Waals surface area contributed by atoms with Crippen LogP contribution in [0.3, 0.4) is 0 Å². The predicted octanol–water partition coefficient (Wildman–Crippen LogP) is 2.43.